The van der Waals surface area contributed by atoms with Crippen LogP contribution in [0, 0.1) is 10.1 Å². The molecule has 0 aliphatic carbocycles. The van der Waals surface area contributed by atoms with Gasteiger partial charge in [-0.3, -0.25) is 14.5 Å². The lowest BCUT2D eigenvalue weighted by molar-refractivity contribution is -0.384. The third kappa shape index (κ3) is 1.83. The highest BCUT2D eigenvalue weighted by molar-refractivity contribution is 5.63. The van der Waals surface area contributed by atoms with Crippen LogP contribution < -0.4 is 0 Å². The van der Waals surface area contributed by atoms with Gasteiger partial charge in [-0.05, 0) is 12.1 Å². The molecule has 0 bridgehead atoms. The molecule has 0 atom stereocenters. The summed E-state index contributed by atoms with van der Waals surface area (Å²) in [5.74, 6) is 1.69. The molecule has 3 aromatic rings. The van der Waals surface area contributed by atoms with Gasteiger partial charge in [-0.15, -0.1) is 0 Å². The number of rotatable bonds is 3. The van der Waals surface area contributed by atoms with Crippen molar-refractivity contribution in [2.45, 2.75) is 13.3 Å². The smallest absolute Gasteiger partial charge is 0.269 e. The molecule has 0 unspecified atom stereocenters. The molecule has 0 N–H and O–H groups in total. The number of nitro groups is 1. The zero-order valence-electron chi connectivity index (χ0n) is 11.1. The average Bonchev–Trinajstić information content (AvgIpc) is 3.00. The lowest BCUT2D eigenvalue weighted by atomic mass is 10.1. The Hall–Kier alpha value is -2.70. The van der Waals surface area contributed by atoms with E-state index in [9.17, 15) is 10.1 Å². The molecule has 0 radical (unpaired) electrons. The second-order valence-electron chi connectivity index (χ2n) is 4.49. The van der Waals surface area contributed by atoms with Gasteiger partial charge in [-0.25, -0.2) is 9.67 Å². The van der Waals surface area contributed by atoms with Gasteiger partial charge in [0.2, 0.25) is 5.78 Å². The van der Waals surface area contributed by atoms with Gasteiger partial charge in [-0.1, -0.05) is 6.92 Å². The Morgan fingerprint density at radius 1 is 1.30 bits per heavy atom. The van der Waals surface area contributed by atoms with Gasteiger partial charge >= 0.3 is 0 Å². The summed E-state index contributed by atoms with van der Waals surface area (Å²) in [6.07, 6.45) is 2.72. The van der Waals surface area contributed by atoms with Gasteiger partial charge in [-0.2, -0.15) is 5.10 Å². The largest absolute Gasteiger partial charge is 0.270 e. The fourth-order valence-electron chi connectivity index (χ4n) is 2.19. The zero-order valence-corrected chi connectivity index (χ0v) is 11.1. The van der Waals surface area contributed by atoms with E-state index in [4.69, 9.17) is 0 Å². The highest BCUT2D eigenvalue weighted by Crippen LogP contribution is 2.22. The highest BCUT2D eigenvalue weighted by atomic mass is 16.6. The first-order chi connectivity index (χ1) is 9.60. The first kappa shape index (κ1) is 12.3. The van der Waals surface area contributed by atoms with Crippen LogP contribution in [0.2, 0.25) is 0 Å². The quantitative estimate of drug-likeness (QED) is 0.540. The first-order valence-electron chi connectivity index (χ1n) is 6.26. The van der Waals surface area contributed by atoms with E-state index in [2.05, 4.69) is 10.1 Å². The highest BCUT2D eigenvalue weighted by Gasteiger charge is 2.12. The number of aryl methyl sites for hydroxylation is 2. The van der Waals surface area contributed by atoms with Crippen LogP contribution in [-0.4, -0.2) is 24.1 Å². The molecule has 1 aromatic carbocycles. The van der Waals surface area contributed by atoms with Crippen molar-refractivity contribution < 1.29 is 4.92 Å². The molecule has 2 heterocycles. The van der Waals surface area contributed by atoms with Gasteiger partial charge in [0.15, 0.2) is 0 Å². The summed E-state index contributed by atoms with van der Waals surface area (Å²) in [5, 5.41) is 15.0. The molecule has 20 heavy (non-hydrogen) atoms. The fraction of sp³-hybridized carbons (Fsp3) is 0.231. The summed E-state index contributed by atoms with van der Waals surface area (Å²) < 4.78 is 3.67. The topological polar surface area (TPSA) is 78.3 Å². The third-order valence-corrected chi connectivity index (χ3v) is 3.21. The SMILES string of the molecule is CCc1nn(C)c2nc(-c3ccc([N+](=O)[O-])cc3)cn12. The van der Waals surface area contributed by atoms with Crippen LogP contribution >= 0.6 is 0 Å². The summed E-state index contributed by atoms with van der Waals surface area (Å²) in [4.78, 5) is 14.8. The number of non-ortho nitro benzene ring substituents is 1. The lowest BCUT2D eigenvalue weighted by Gasteiger charge is -1.96. The molecule has 7 heteroatoms. The summed E-state index contributed by atoms with van der Waals surface area (Å²) in [6, 6.07) is 6.38. The average molecular weight is 271 g/mol. The Morgan fingerprint density at radius 3 is 2.60 bits per heavy atom. The molecule has 102 valence electrons. The van der Waals surface area contributed by atoms with Gasteiger partial charge in [0.25, 0.3) is 5.69 Å². The molecule has 2 aromatic heterocycles. The van der Waals surface area contributed by atoms with E-state index in [0.29, 0.717) is 0 Å². The van der Waals surface area contributed by atoms with Crippen molar-refractivity contribution in [2.75, 3.05) is 0 Å². The van der Waals surface area contributed by atoms with E-state index in [0.717, 1.165) is 29.3 Å². The minimum atomic E-state index is -0.410. The van der Waals surface area contributed by atoms with Crippen molar-refractivity contribution in [3.05, 3.63) is 46.4 Å². The molecule has 7 nitrogen and oxygen atoms in total. The van der Waals surface area contributed by atoms with Crippen molar-refractivity contribution in [3.8, 4) is 11.3 Å². The number of fused-ring (bicyclic) bond motifs is 1. The monoisotopic (exact) mass is 271 g/mol. The normalized spacial score (nSPS) is 11.1. The van der Waals surface area contributed by atoms with E-state index in [-0.39, 0.29) is 5.69 Å². The number of imidazole rings is 1. The molecular weight excluding hydrogens is 258 g/mol. The van der Waals surface area contributed by atoms with Crippen molar-refractivity contribution >= 4 is 11.5 Å². The minimum Gasteiger partial charge on any atom is -0.270 e. The Bertz CT molecular complexity index is 785. The number of hydrogen-bond acceptors (Lipinski definition) is 4. The number of aromatic nitrogens is 4. The number of benzene rings is 1. The summed E-state index contributed by atoms with van der Waals surface area (Å²) in [5.41, 5.74) is 1.71. The second kappa shape index (κ2) is 4.44. The summed E-state index contributed by atoms with van der Waals surface area (Å²) in [7, 11) is 1.85. The maximum atomic E-state index is 10.7. The van der Waals surface area contributed by atoms with Crippen molar-refractivity contribution in [2.24, 2.45) is 7.05 Å². The van der Waals surface area contributed by atoms with Gasteiger partial charge in [0.1, 0.15) is 5.82 Å². The first-order valence-corrected chi connectivity index (χ1v) is 6.26. The van der Waals surface area contributed by atoms with Crippen LogP contribution in [0.25, 0.3) is 17.0 Å². The van der Waals surface area contributed by atoms with Crippen LogP contribution in [0.5, 0.6) is 0 Å². The Balaban J connectivity index is 2.07. The molecule has 0 fully saturated rings. The Kier molecular flexibility index (Phi) is 2.74. The van der Waals surface area contributed by atoms with E-state index in [1.54, 1.807) is 16.8 Å². The van der Waals surface area contributed by atoms with E-state index in [1.165, 1.54) is 12.1 Å². The van der Waals surface area contributed by atoms with Crippen LogP contribution in [-0.2, 0) is 13.5 Å². The molecule has 0 amide bonds. The molecule has 0 aliphatic heterocycles. The number of hydrogen-bond donors (Lipinski definition) is 0. The van der Waals surface area contributed by atoms with Crippen LogP contribution in [0.4, 0.5) is 5.69 Å². The van der Waals surface area contributed by atoms with Crippen molar-refractivity contribution in [1.29, 1.82) is 0 Å². The van der Waals surface area contributed by atoms with Gasteiger partial charge in [0, 0.05) is 37.4 Å². The third-order valence-electron chi connectivity index (χ3n) is 3.21. The van der Waals surface area contributed by atoms with Crippen LogP contribution in [0.15, 0.2) is 30.5 Å². The Morgan fingerprint density at radius 2 is 2.00 bits per heavy atom. The molecule has 0 saturated carbocycles. The van der Waals surface area contributed by atoms with E-state index < -0.39 is 4.92 Å². The number of nitrogens with zero attached hydrogens (tertiary/aromatic N) is 5. The van der Waals surface area contributed by atoms with Gasteiger partial charge in [0.05, 0.1) is 10.6 Å². The Labute approximate surface area is 114 Å². The fourth-order valence-corrected chi connectivity index (χ4v) is 2.19. The molecule has 3 rings (SSSR count). The minimum absolute atomic E-state index is 0.0772. The molecule has 0 saturated heterocycles. The summed E-state index contributed by atoms with van der Waals surface area (Å²) >= 11 is 0. The predicted octanol–water partition coefficient (Wildman–Crippen LogP) is 2.21. The molecule has 0 spiro atoms. The van der Waals surface area contributed by atoms with Crippen molar-refractivity contribution in [3.63, 3.8) is 0 Å². The standard InChI is InChI=1S/C13H13N5O2/c1-3-12-15-16(2)13-14-11(8-17(12)13)9-4-6-10(7-5-9)18(19)20/h4-8H,3H2,1-2H3. The predicted molar refractivity (Wildman–Crippen MR) is 73.4 cm³/mol. The van der Waals surface area contributed by atoms with E-state index in [1.807, 2.05) is 24.6 Å². The van der Waals surface area contributed by atoms with Crippen LogP contribution in [0.1, 0.15) is 12.7 Å². The molecular formula is C13H13N5O2. The van der Waals surface area contributed by atoms with Crippen molar-refractivity contribution in [1.82, 2.24) is 19.2 Å². The zero-order chi connectivity index (χ0) is 14.3. The number of nitro benzene ring substituents is 1. The maximum Gasteiger partial charge on any atom is 0.269 e. The lowest BCUT2D eigenvalue weighted by Crippen LogP contribution is -1.93. The maximum absolute atomic E-state index is 10.7. The van der Waals surface area contributed by atoms with Crippen LogP contribution in [0.3, 0.4) is 0 Å². The summed E-state index contributed by atoms with van der Waals surface area (Å²) in [6.45, 7) is 2.04. The second-order valence-corrected chi connectivity index (χ2v) is 4.49. The molecule has 0 aliphatic rings. The van der Waals surface area contributed by atoms with E-state index >= 15 is 0 Å². The van der Waals surface area contributed by atoms with Gasteiger partial charge < -0.3 is 0 Å².